The van der Waals surface area contributed by atoms with E-state index >= 15 is 0 Å². The van der Waals surface area contributed by atoms with Gasteiger partial charge in [-0.25, -0.2) is 4.79 Å². The van der Waals surface area contributed by atoms with Crippen LogP contribution in [0.5, 0.6) is 0 Å². The molecule has 0 aromatic rings. The number of nitrogens with one attached hydrogen (secondary N) is 2. The first kappa shape index (κ1) is 16.6. The van der Waals surface area contributed by atoms with Crippen molar-refractivity contribution >= 4 is 28.7 Å². The van der Waals surface area contributed by atoms with Crippen molar-refractivity contribution in [1.82, 2.24) is 10.6 Å². The quantitative estimate of drug-likeness (QED) is 0.534. The zero-order valence-electron chi connectivity index (χ0n) is 10.2. The first-order chi connectivity index (χ1) is 8.41. The van der Waals surface area contributed by atoms with Crippen LogP contribution in [-0.4, -0.2) is 45.8 Å². The molecule has 0 fully saturated rings. The van der Waals surface area contributed by atoms with Crippen molar-refractivity contribution in [2.75, 3.05) is 18.6 Å². The van der Waals surface area contributed by atoms with E-state index in [9.17, 15) is 18.6 Å². The summed E-state index contributed by atoms with van der Waals surface area (Å²) >= 11 is 0. The number of rotatable bonds is 8. The zero-order chi connectivity index (χ0) is 14.0. The van der Waals surface area contributed by atoms with Gasteiger partial charge in [-0.2, -0.15) is 0 Å². The van der Waals surface area contributed by atoms with E-state index < -0.39 is 28.7 Å². The Morgan fingerprint density at radius 1 is 1.17 bits per heavy atom. The van der Waals surface area contributed by atoms with Crippen LogP contribution in [-0.2, 0) is 20.4 Å². The van der Waals surface area contributed by atoms with E-state index in [-0.39, 0.29) is 19.4 Å². The number of amides is 3. The lowest BCUT2D eigenvalue weighted by Crippen LogP contribution is -2.40. The predicted molar refractivity (Wildman–Crippen MR) is 66.6 cm³/mol. The Morgan fingerprint density at radius 3 is 2.33 bits per heavy atom. The number of aliphatic carboxylic acids is 1. The van der Waals surface area contributed by atoms with Crippen LogP contribution in [0.2, 0.25) is 0 Å². The highest BCUT2D eigenvalue weighted by Gasteiger charge is 2.07. The molecule has 0 radical (unpaired) electrons. The third kappa shape index (κ3) is 11.1. The summed E-state index contributed by atoms with van der Waals surface area (Å²) in [6, 6.07) is -0.622. The Morgan fingerprint density at radius 2 is 1.78 bits per heavy atom. The molecule has 8 heteroatoms. The first-order valence-electron chi connectivity index (χ1n) is 5.51. The van der Waals surface area contributed by atoms with Gasteiger partial charge in [0.15, 0.2) is 0 Å². The summed E-state index contributed by atoms with van der Waals surface area (Å²) in [6.45, 7) is 0.237. The second-order valence-corrected chi connectivity index (χ2v) is 5.24. The number of carbonyl (C=O) groups is 3. The molecule has 18 heavy (non-hydrogen) atoms. The second kappa shape index (κ2) is 9.58. The molecule has 0 spiro atoms. The Bertz CT molecular complexity index is 332. The van der Waals surface area contributed by atoms with Crippen molar-refractivity contribution in [3.8, 4) is 0 Å². The van der Waals surface area contributed by atoms with Gasteiger partial charge >= 0.3 is 12.0 Å². The van der Waals surface area contributed by atoms with E-state index in [1.165, 1.54) is 6.26 Å². The lowest BCUT2D eigenvalue weighted by molar-refractivity contribution is -0.137. The third-order valence-electron chi connectivity index (χ3n) is 1.97. The van der Waals surface area contributed by atoms with Crippen molar-refractivity contribution in [3.05, 3.63) is 0 Å². The SMILES string of the molecule is CS(=O)CCNC(=O)NC(=O)CCCCC(=O)O. The van der Waals surface area contributed by atoms with Gasteiger partial charge in [-0.05, 0) is 12.8 Å². The summed E-state index contributed by atoms with van der Waals surface area (Å²) in [7, 11) is -0.988. The number of unbranched alkanes of at least 4 members (excludes halogenated alkanes) is 1. The fourth-order valence-electron chi connectivity index (χ4n) is 1.10. The Kier molecular flexibility index (Phi) is 8.81. The normalized spacial score (nSPS) is 11.6. The maximum atomic E-state index is 11.2. The van der Waals surface area contributed by atoms with Gasteiger partial charge in [-0.3, -0.25) is 19.1 Å². The molecule has 0 saturated carbocycles. The number of carboxylic acid groups (broad SMARTS) is 1. The molecule has 0 heterocycles. The minimum absolute atomic E-state index is 0.0157. The van der Waals surface area contributed by atoms with Gasteiger partial charge in [0.05, 0.1) is 0 Å². The van der Waals surface area contributed by atoms with Crippen molar-refractivity contribution in [2.24, 2.45) is 0 Å². The molecule has 0 saturated heterocycles. The molecule has 0 aliphatic rings. The van der Waals surface area contributed by atoms with E-state index in [2.05, 4.69) is 10.6 Å². The molecule has 0 rings (SSSR count). The average molecular weight is 278 g/mol. The topological polar surface area (TPSA) is 113 Å². The molecule has 0 aromatic heterocycles. The van der Waals surface area contributed by atoms with Crippen molar-refractivity contribution in [2.45, 2.75) is 25.7 Å². The highest BCUT2D eigenvalue weighted by molar-refractivity contribution is 7.84. The van der Waals surface area contributed by atoms with Gasteiger partial charge in [0.2, 0.25) is 5.91 Å². The molecular formula is C10H18N2O5S. The van der Waals surface area contributed by atoms with E-state index in [4.69, 9.17) is 5.11 Å². The molecule has 1 atom stereocenters. The van der Waals surface area contributed by atoms with Crippen LogP contribution < -0.4 is 10.6 Å². The van der Waals surface area contributed by atoms with Crippen molar-refractivity contribution in [1.29, 1.82) is 0 Å². The highest BCUT2D eigenvalue weighted by atomic mass is 32.2. The molecule has 0 aromatic carbocycles. The van der Waals surface area contributed by atoms with Gasteiger partial charge in [0.25, 0.3) is 0 Å². The number of carbonyl (C=O) groups excluding carboxylic acids is 2. The minimum Gasteiger partial charge on any atom is -0.481 e. The van der Waals surface area contributed by atoms with Crippen molar-refractivity contribution in [3.63, 3.8) is 0 Å². The summed E-state index contributed by atoms with van der Waals surface area (Å²) in [4.78, 5) is 32.6. The van der Waals surface area contributed by atoms with E-state index in [1.807, 2.05) is 0 Å². The Labute approximate surface area is 108 Å². The van der Waals surface area contributed by atoms with Gasteiger partial charge in [-0.1, -0.05) is 0 Å². The van der Waals surface area contributed by atoms with Crippen LogP contribution in [0.4, 0.5) is 4.79 Å². The van der Waals surface area contributed by atoms with Crippen LogP contribution in [0.1, 0.15) is 25.7 Å². The van der Waals surface area contributed by atoms with Crippen LogP contribution in [0.25, 0.3) is 0 Å². The Hall–Kier alpha value is -1.44. The molecular weight excluding hydrogens is 260 g/mol. The number of hydrogen-bond donors (Lipinski definition) is 3. The molecule has 0 aliphatic carbocycles. The van der Waals surface area contributed by atoms with Crippen LogP contribution in [0.3, 0.4) is 0 Å². The molecule has 1 unspecified atom stereocenters. The molecule has 3 amide bonds. The van der Waals surface area contributed by atoms with Gasteiger partial charge in [-0.15, -0.1) is 0 Å². The summed E-state index contributed by atoms with van der Waals surface area (Å²) in [5.74, 6) is -1.02. The molecule has 104 valence electrons. The fraction of sp³-hybridized carbons (Fsp3) is 0.700. The summed E-state index contributed by atoms with van der Waals surface area (Å²) in [6.07, 6.45) is 2.47. The standard InChI is InChI=1S/C10H18N2O5S/c1-18(17)7-6-11-10(16)12-8(13)4-2-3-5-9(14)15/h2-7H2,1H3,(H,14,15)(H2,11,12,13,16). The van der Waals surface area contributed by atoms with Crippen LogP contribution >= 0.6 is 0 Å². The number of urea groups is 1. The second-order valence-electron chi connectivity index (χ2n) is 3.68. The highest BCUT2D eigenvalue weighted by Crippen LogP contribution is 1.99. The van der Waals surface area contributed by atoms with Crippen LogP contribution in [0.15, 0.2) is 0 Å². The molecule has 0 bridgehead atoms. The Balaban J connectivity index is 3.58. The smallest absolute Gasteiger partial charge is 0.321 e. The first-order valence-corrected chi connectivity index (χ1v) is 7.24. The molecule has 3 N–H and O–H groups in total. The van der Waals surface area contributed by atoms with Gasteiger partial charge in [0, 0.05) is 42.2 Å². The number of hydrogen-bond acceptors (Lipinski definition) is 4. The molecule has 0 aliphatic heterocycles. The maximum absolute atomic E-state index is 11.2. The lowest BCUT2D eigenvalue weighted by atomic mass is 10.2. The van der Waals surface area contributed by atoms with E-state index in [1.54, 1.807) is 0 Å². The van der Waals surface area contributed by atoms with Crippen LogP contribution in [0, 0.1) is 0 Å². The van der Waals surface area contributed by atoms with E-state index in [0.29, 0.717) is 18.6 Å². The summed E-state index contributed by atoms with van der Waals surface area (Å²) < 4.78 is 10.7. The largest absolute Gasteiger partial charge is 0.481 e. The average Bonchev–Trinajstić information content (AvgIpc) is 2.23. The monoisotopic (exact) mass is 278 g/mol. The molecule has 7 nitrogen and oxygen atoms in total. The summed E-state index contributed by atoms with van der Waals surface area (Å²) in [5, 5.41) is 12.9. The van der Waals surface area contributed by atoms with Gasteiger partial charge < -0.3 is 10.4 Å². The van der Waals surface area contributed by atoms with Gasteiger partial charge in [0.1, 0.15) is 0 Å². The zero-order valence-corrected chi connectivity index (χ0v) is 11.0. The lowest BCUT2D eigenvalue weighted by Gasteiger charge is -2.05. The summed E-state index contributed by atoms with van der Waals surface area (Å²) in [5.41, 5.74) is 0. The minimum atomic E-state index is -0.988. The third-order valence-corrected chi connectivity index (χ3v) is 2.75. The number of carboxylic acids is 1. The van der Waals surface area contributed by atoms with Crippen molar-refractivity contribution < 1.29 is 23.7 Å². The number of imide groups is 1. The maximum Gasteiger partial charge on any atom is 0.321 e. The fourth-order valence-corrected chi connectivity index (χ4v) is 1.49. The predicted octanol–water partition coefficient (Wildman–Crippen LogP) is -0.164. The van der Waals surface area contributed by atoms with E-state index in [0.717, 1.165) is 0 Å².